The van der Waals surface area contributed by atoms with Gasteiger partial charge in [0.2, 0.25) is 0 Å². The fourth-order valence-corrected chi connectivity index (χ4v) is 2.97. The minimum Gasteiger partial charge on any atom is -0.369 e. The Balaban J connectivity index is 2.15. The summed E-state index contributed by atoms with van der Waals surface area (Å²) in [5, 5.41) is 4.64. The van der Waals surface area contributed by atoms with Gasteiger partial charge in [-0.25, -0.2) is 0 Å². The Morgan fingerprint density at radius 3 is 2.81 bits per heavy atom. The number of nitrogens with one attached hydrogen (secondary N) is 1. The van der Waals surface area contributed by atoms with E-state index in [1.807, 2.05) is 30.3 Å². The van der Waals surface area contributed by atoms with E-state index >= 15 is 0 Å². The molecule has 2 aromatic heterocycles. The minimum atomic E-state index is 0.0100. The number of fused-ring (bicyclic) bond motifs is 2. The molecule has 4 nitrogen and oxygen atoms in total. The van der Waals surface area contributed by atoms with Crippen LogP contribution >= 0.6 is 11.6 Å². The van der Waals surface area contributed by atoms with Gasteiger partial charge in [-0.2, -0.15) is 0 Å². The summed E-state index contributed by atoms with van der Waals surface area (Å²) in [5.41, 5.74) is 2.70. The van der Waals surface area contributed by atoms with Gasteiger partial charge in [0, 0.05) is 29.9 Å². The monoisotopic (exact) mass is 297 g/mol. The molecule has 1 N–H and O–H groups in total. The number of pyridine rings is 2. The lowest BCUT2D eigenvalue weighted by Crippen LogP contribution is -2.19. The van der Waals surface area contributed by atoms with Gasteiger partial charge in [-0.3, -0.25) is 14.3 Å². The van der Waals surface area contributed by atoms with Crippen molar-refractivity contribution in [2.24, 2.45) is 0 Å². The average molecular weight is 298 g/mol. The van der Waals surface area contributed by atoms with Crippen molar-refractivity contribution >= 4 is 28.3 Å². The van der Waals surface area contributed by atoms with E-state index in [4.69, 9.17) is 11.6 Å². The highest BCUT2D eigenvalue weighted by molar-refractivity contribution is 6.30. The van der Waals surface area contributed by atoms with Crippen LogP contribution in [-0.2, 0) is 6.54 Å². The van der Waals surface area contributed by atoms with Gasteiger partial charge in [0.15, 0.2) is 0 Å². The lowest BCUT2D eigenvalue weighted by molar-refractivity contribution is 0.780. The fraction of sp³-hybridized carbons (Fsp3) is 0.125. The van der Waals surface area contributed by atoms with Crippen molar-refractivity contribution in [3.63, 3.8) is 0 Å². The highest BCUT2D eigenvalue weighted by Crippen LogP contribution is 2.34. The predicted molar refractivity (Wildman–Crippen MR) is 84.9 cm³/mol. The Bertz CT molecular complexity index is 900. The van der Waals surface area contributed by atoms with Gasteiger partial charge in [0.1, 0.15) is 5.82 Å². The molecule has 0 bridgehead atoms. The first-order valence-electron chi connectivity index (χ1n) is 6.77. The number of hydrogen-bond donors (Lipinski definition) is 1. The Labute approximate surface area is 126 Å². The number of rotatable bonds is 1. The van der Waals surface area contributed by atoms with Crippen molar-refractivity contribution in [1.29, 1.82) is 0 Å². The van der Waals surface area contributed by atoms with Gasteiger partial charge in [0.05, 0.1) is 10.9 Å². The van der Waals surface area contributed by atoms with E-state index in [-0.39, 0.29) is 5.56 Å². The zero-order chi connectivity index (χ0) is 14.4. The smallest absolute Gasteiger partial charge is 0.261 e. The molecular weight excluding hydrogens is 286 g/mol. The SMILES string of the molecule is O=c1c2cccnc2c(-c2ccc(Cl)cc2)c2n1CCN2. The molecule has 0 radical (unpaired) electrons. The highest BCUT2D eigenvalue weighted by Gasteiger charge is 2.21. The molecule has 0 amide bonds. The van der Waals surface area contributed by atoms with E-state index in [1.165, 1.54) is 0 Å². The highest BCUT2D eigenvalue weighted by atomic mass is 35.5. The van der Waals surface area contributed by atoms with Crippen LogP contribution in [0.3, 0.4) is 0 Å². The standard InChI is InChI=1S/C16H12ClN3O/c17-11-5-3-10(4-6-11)13-14-12(2-1-7-18-14)16(21)20-9-8-19-15(13)20/h1-7,19H,8-9H2. The van der Waals surface area contributed by atoms with E-state index in [9.17, 15) is 4.79 Å². The van der Waals surface area contributed by atoms with E-state index in [2.05, 4.69) is 10.3 Å². The van der Waals surface area contributed by atoms with Crippen molar-refractivity contribution in [3.05, 3.63) is 58.0 Å². The first-order valence-corrected chi connectivity index (χ1v) is 7.15. The topological polar surface area (TPSA) is 46.9 Å². The summed E-state index contributed by atoms with van der Waals surface area (Å²) in [4.78, 5) is 17.0. The van der Waals surface area contributed by atoms with Crippen LogP contribution in [0.2, 0.25) is 5.02 Å². The summed E-state index contributed by atoms with van der Waals surface area (Å²) in [7, 11) is 0. The fourth-order valence-electron chi connectivity index (χ4n) is 2.84. The largest absolute Gasteiger partial charge is 0.369 e. The molecule has 5 heteroatoms. The van der Waals surface area contributed by atoms with Crippen LogP contribution < -0.4 is 10.9 Å². The van der Waals surface area contributed by atoms with Crippen LogP contribution in [0, 0.1) is 0 Å². The number of aromatic nitrogens is 2. The lowest BCUT2D eigenvalue weighted by atomic mass is 10.0. The molecule has 1 aliphatic rings. The number of nitrogens with zero attached hydrogens (tertiary/aromatic N) is 2. The second kappa shape index (κ2) is 4.60. The molecule has 3 aromatic rings. The molecule has 0 unspecified atom stereocenters. The van der Waals surface area contributed by atoms with Crippen LogP contribution in [0.4, 0.5) is 5.82 Å². The van der Waals surface area contributed by atoms with Crippen molar-refractivity contribution in [3.8, 4) is 11.1 Å². The van der Waals surface area contributed by atoms with Crippen LogP contribution in [-0.4, -0.2) is 16.1 Å². The van der Waals surface area contributed by atoms with Gasteiger partial charge >= 0.3 is 0 Å². The first kappa shape index (κ1) is 12.4. The van der Waals surface area contributed by atoms with Crippen molar-refractivity contribution in [1.82, 2.24) is 9.55 Å². The van der Waals surface area contributed by atoms with Gasteiger partial charge in [-0.1, -0.05) is 23.7 Å². The predicted octanol–water partition coefficient (Wildman–Crippen LogP) is 3.14. The van der Waals surface area contributed by atoms with Gasteiger partial charge in [0.25, 0.3) is 5.56 Å². The van der Waals surface area contributed by atoms with Crippen LogP contribution in [0.15, 0.2) is 47.4 Å². The molecule has 104 valence electrons. The molecule has 4 rings (SSSR count). The second-order valence-corrected chi connectivity index (χ2v) is 5.45. The molecule has 0 atom stereocenters. The van der Waals surface area contributed by atoms with Crippen molar-refractivity contribution < 1.29 is 0 Å². The maximum atomic E-state index is 12.5. The van der Waals surface area contributed by atoms with Gasteiger partial charge in [-0.15, -0.1) is 0 Å². The third kappa shape index (κ3) is 1.83. The Hall–Kier alpha value is -2.33. The molecule has 0 saturated carbocycles. The molecule has 1 aromatic carbocycles. The molecule has 0 aliphatic carbocycles. The Kier molecular flexibility index (Phi) is 2.72. The summed E-state index contributed by atoms with van der Waals surface area (Å²) >= 11 is 5.97. The number of halogens is 1. The maximum absolute atomic E-state index is 12.5. The average Bonchev–Trinajstić information content (AvgIpc) is 2.99. The Morgan fingerprint density at radius 1 is 1.19 bits per heavy atom. The van der Waals surface area contributed by atoms with Crippen LogP contribution in [0.5, 0.6) is 0 Å². The van der Waals surface area contributed by atoms with E-state index < -0.39 is 0 Å². The zero-order valence-electron chi connectivity index (χ0n) is 11.1. The molecule has 0 fully saturated rings. The summed E-state index contributed by atoms with van der Waals surface area (Å²) in [6, 6.07) is 11.2. The third-order valence-electron chi connectivity index (χ3n) is 3.79. The molecule has 21 heavy (non-hydrogen) atoms. The summed E-state index contributed by atoms with van der Waals surface area (Å²) in [6.07, 6.45) is 1.72. The van der Waals surface area contributed by atoms with E-state index in [0.29, 0.717) is 17.0 Å². The van der Waals surface area contributed by atoms with Crippen molar-refractivity contribution in [2.45, 2.75) is 6.54 Å². The van der Waals surface area contributed by atoms with Gasteiger partial charge in [-0.05, 0) is 29.8 Å². The summed E-state index contributed by atoms with van der Waals surface area (Å²) in [6.45, 7) is 1.44. The maximum Gasteiger partial charge on any atom is 0.261 e. The quantitative estimate of drug-likeness (QED) is 0.750. The summed E-state index contributed by atoms with van der Waals surface area (Å²) < 4.78 is 1.79. The van der Waals surface area contributed by atoms with E-state index in [0.717, 1.165) is 29.0 Å². The Morgan fingerprint density at radius 2 is 2.00 bits per heavy atom. The minimum absolute atomic E-state index is 0.0100. The molecule has 1 aliphatic heterocycles. The van der Waals surface area contributed by atoms with Crippen molar-refractivity contribution in [2.75, 3.05) is 11.9 Å². The van der Waals surface area contributed by atoms with E-state index in [1.54, 1.807) is 16.8 Å². The molecule has 0 saturated heterocycles. The normalized spacial score (nSPS) is 13.2. The zero-order valence-corrected chi connectivity index (χ0v) is 11.9. The lowest BCUT2D eigenvalue weighted by Gasteiger charge is -2.13. The number of hydrogen-bond acceptors (Lipinski definition) is 3. The third-order valence-corrected chi connectivity index (χ3v) is 4.04. The molecule has 0 spiro atoms. The molecule has 3 heterocycles. The first-order chi connectivity index (χ1) is 10.3. The number of benzene rings is 1. The van der Waals surface area contributed by atoms with Gasteiger partial charge < -0.3 is 5.32 Å². The van der Waals surface area contributed by atoms with Crippen LogP contribution in [0.25, 0.3) is 22.0 Å². The van der Waals surface area contributed by atoms with Crippen LogP contribution in [0.1, 0.15) is 0 Å². The second-order valence-electron chi connectivity index (χ2n) is 5.01. The summed E-state index contributed by atoms with van der Waals surface area (Å²) in [5.74, 6) is 0.841. The number of anilines is 1. The molecular formula is C16H12ClN3O.